The summed E-state index contributed by atoms with van der Waals surface area (Å²) in [6.45, 7) is 0.134. The van der Waals surface area contributed by atoms with Gasteiger partial charge in [-0.1, -0.05) is 12.1 Å². The maximum Gasteiger partial charge on any atom is 0.280 e. The fourth-order valence-corrected chi connectivity index (χ4v) is 2.99. The van der Waals surface area contributed by atoms with E-state index in [1.807, 2.05) is 0 Å². The fraction of sp³-hybridized carbons (Fsp3) is 0.0455. The molecule has 166 valence electrons. The van der Waals surface area contributed by atoms with E-state index >= 15 is 0 Å². The van der Waals surface area contributed by atoms with Crippen LogP contribution < -0.4 is 19.5 Å². The quantitative estimate of drug-likeness (QED) is 0.311. The minimum atomic E-state index is -0.738. The van der Waals surface area contributed by atoms with Crippen LogP contribution in [0.3, 0.4) is 0 Å². The normalized spacial score (nSPS) is 11.9. The number of nitrogens with one attached hydrogen (secondary N) is 1. The van der Waals surface area contributed by atoms with Crippen molar-refractivity contribution in [3.8, 4) is 23.0 Å². The molecule has 0 radical (unpaired) electrons. The van der Waals surface area contributed by atoms with E-state index in [2.05, 4.69) is 5.32 Å². The van der Waals surface area contributed by atoms with Crippen LogP contribution in [-0.4, -0.2) is 22.5 Å². The van der Waals surface area contributed by atoms with E-state index < -0.39 is 21.2 Å². The number of anilines is 1. The zero-order chi connectivity index (χ0) is 23.4. The second-order valence-corrected chi connectivity index (χ2v) is 6.76. The number of fused-ring (bicyclic) bond motifs is 1. The Bertz CT molecular complexity index is 1260. The van der Waals surface area contributed by atoms with Gasteiger partial charge in [0.05, 0.1) is 28.0 Å². The van der Waals surface area contributed by atoms with Crippen molar-refractivity contribution in [2.75, 3.05) is 12.1 Å². The number of rotatable bonds is 7. The lowest BCUT2D eigenvalue weighted by molar-refractivity contribution is -0.394. The summed E-state index contributed by atoms with van der Waals surface area (Å²) >= 11 is 0. The second kappa shape index (κ2) is 9.06. The van der Waals surface area contributed by atoms with Crippen molar-refractivity contribution in [2.45, 2.75) is 0 Å². The van der Waals surface area contributed by atoms with Gasteiger partial charge in [0, 0.05) is 17.8 Å². The highest BCUT2D eigenvalue weighted by atomic mass is 16.7. The summed E-state index contributed by atoms with van der Waals surface area (Å²) in [5.41, 5.74) is 0.220. The van der Waals surface area contributed by atoms with E-state index in [9.17, 15) is 25.0 Å². The number of benzene rings is 3. The molecule has 4 rings (SSSR count). The predicted molar refractivity (Wildman–Crippen MR) is 116 cm³/mol. The van der Waals surface area contributed by atoms with Crippen molar-refractivity contribution in [3.63, 3.8) is 0 Å². The first-order valence-corrected chi connectivity index (χ1v) is 9.48. The van der Waals surface area contributed by atoms with Crippen LogP contribution >= 0.6 is 0 Å². The number of carbonyl (C=O) groups excluding carboxylic acids is 1. The third kappa shape index (κ3) is 5.22. The Balaban J connectivity index is 1.45. The first-order valence-electron chi connectivity index (χ1n) is 9.48. The highest BCUT2D eigenvalue weighted by Crippen LogP contribution is 2.34. The smallest absolute Gasteiger partial charge is 0.280 e. The number of amides is 1. The van der Waals surface area contributed by atoms with Crippen LogP contribution in [0, 0.1) is 20.2 Å². The van der Waals surface area contributed by atoms with E-state index in [0.29, 0.717) is 22.7 Å². The Labute approximate surface area is 186 Å². The van der Waals surface area contributed by atoms with Crippen LogP contribution in [0.1, 0.15) is 5.56 Å². The second-order valence-electron chi connectivity index (χ2n) is 6.76. The molecule has 0 fully saturated rings. The summed E-state index contributed by atoms with van der Waals surface area (Å²) in [6.07, 6.45) is 2.87. The molecule has 1 amide bonds. The third-order valence-corrected chi connectivity index (χ3v) is 4.46. The average molecular weight is 449 g/mol. The minimum absolute atomic E-state index is 0.0578. The van der Waals surface area contributed by atoms with E-state index in [1.54, 1.807) is 48.5 Å². The van der Waals surface area contributed by atoms with Gasteiger partial charge < -0.3 is 19.5 Å². The maximum absolute atomic E-state index is 12.2. The largest absolute Gasteiger partial charge is 0.457 e. The summed E-state index contributed by atoms with van der Waals surface area (Å²) < 4.78 is 16.1. The number of hydrogen-bond donors (Lipinski definition) is 1. The van der Waals surface area contributed by atoms with E-state index in [1.165, 1.54) is 6.08 Å². The van der Waals surface area contributed by atoms with E-state index in [-0.39, 0.29) is 24.2 Å². The molecule has 33 heavy (non-hydrogen) atoms. The molecule has 11 heteroatoms. The van der Waals surface area contributed by atoms with Crippen LogP contribution in [-0.2, 0) is 4.79 Å². The third-order valence-electron chi connectivity index (χ3n) is 4.46. The monoisotopic (exact) mass is 449 g/mol. The van der Waals surface area contributed by atoms with E-state index in [4.69, 9.17) is 14.2 Å². The molecule has 0 atom stereocenters. The van der Waals surface area contributed by atoms with Gasteiger partial charge in [0.1, 0.15) is 11.5 Å². The number of nitro groups is 2. The molecule has 0 unspecified atom stereocenters. The Hall–Kier alpha value is -4.93. The van der Waals surface area contributed by atoms with E-state index in [0.717, 1.165) is 18.2 Å². The molecule has 0 aromatic heterocycles. The number of non-ortho nitro benzene ring substituents is 2. The Morgan fingerprint density at radius 3 is 2.36 bits per heavy atom. The lowest BCUT2D eigenvalue weighted by Crippen LogP contribution is -2.07. The minimum Gasteiger partial charge on any atom is -0.457 e. The van der Waals surface area contributed by atoms with Crippen LogP contribution in [0.4, 0.5) is 17.1 Å². The van der Waals surface area contributed by atoms with Crippen molar-refractivity contribution in [3.05, 3.63) is 92.5 Å². The topological polar surface area (TPSA) is 143 Å². The Morgan fingerprint density at radius 1 is 0.909 bits per heavy atom. The van der Waals surface area contributed by atoms with Crippen molar-refractivity contribution in [2.24, 2.45) is 0 Å². The van der Waals surface area contributed by atoms with Gasteiger partial charge in [0.15, 0.2) is 11.5 Å². The van der Waals surface area contributed by atoms with Gasteiger partial charge in [-0.3, -0.25) is 25.0 Å². The molecule has 0 saturated carbocycles. The molecule has 3 aromatic rings. The van der Waals surface area contributed by atoms with Crippen LogP contribution in [0.25, 0.3) is 6.08 Å². The summed E-state index contributed by atoms with van der Waals surface area (Å²) in [4.78, 5) is 32.8. The molecule has 0 aliphatic carbocycles. The summed E-state index contributed by atoms with van der Waals surface area (Å²) in [5, 5.41) is 24.8. The van der Waals surface area contributed by atoms with Crippen LogP contribution in [0.5, 0.6) is 23.0 Å². The van der Waals surface area contributed by atoms with Gasteiger partial charge in [-0.15, -0.1) is 0 Å². The molecule has 0 saturated heterocycles. The predicted octanol–water partition coefficient (Wildman–Crippen LogP) is 4.68. The number of nitrogens with zero attached hydrogens (tertiary/aromatic N) is 2. The number of ether oxygens (including phenoxy) is 3. The number of carbonyl (C=O) groups is 1. The fourth-order valence-electron chi connectivity index (χ4n) is 2.99. The molecule has 1 heterocycles. The Morgan fingerprint density at radius 2 is 1.64 bits per heavy atom. The molecule has 0 bridgehead atoms. The molecule has 1 N–H and O–H groups in total. The van der Waals surface area contributed by atoms with Gasteiger partial charge in [-0.05, 0) is 35.9 Å². The highest BCUT2D eigenvalue weighted by Gasteiger charge is 2.18. The maximum atomic E-state index is 12.2. The molecular formula is C22H15N3O8. The van der Waals surface area contributed by atoms with Crippen molar-refractivity contribution in [1.82, 2.24) is 0 Å². The SMILES string of the molecule is O=C(C=Cc1cccc(Oc2cc([N+](=O)[O-])cc([N+](=O)[O-])c2)c1)Nc1ccc2c(c1)OCO2. The first kappa shape index (κ1) is 21.3. The van der Waals surface area contributed by atoms with Crippen molar-refractivity contribution >= 4 is 29.0 Å². The van der Waals surface area contributed by atoms with Crippen LogP contribution in [0.2, 0.25) is 0 Å². The Kier molecular flexibility index (Phi) is 5.85. The lowest BCUT2D eigenvalue weighted by Gasteiger charge is -2.07. The molecule has 1 aliphatic rings. The standard InChI is InChI=1S/C22H15N3O8/c26-22(23-15-5-6-20-21(9-15)32-13-31-20)7-4-14-2-1-3-18(8-14)33-19-11-16(24(27)28)10-17(12-19)25(29)30/h1-12H,13H2,(H,23,26). The zero-order valence-electron chi connectivity index (χ0n) is 16.8. The summed E-state index contributed by atoms with van der Waals surface area (Å²) in [5.74, 6) is 0.993. The van der Waals surface area contributed by atoms with Crippen LogP contribution in [0.15, 0.2) is 66.7 Å². The molecule has 3 aromatic carbocycles. The molecule has 11 nitrogen and oxygen atoms in total. The zero-order valence-corrected chi connectivity index (χ0v) is 16.8. The first-order chi connectivity index (χ1) is 15.9. The number of nitro benzene ring substituents is 2. The molecular weight excluding hydrogens is 434 g/mol. The summed E-state index contributed by atoms with van der Waals surface area (Å²) in [6, 6.07) is 14.6. The van der Waals surface area contributed by atoms with Gasteiger partial charge in [0.2, 0.25) is 12.7 Å². The van der Waals surface area contributed by atoms with Gasteiger partial charge in [-0.25, -0.2) is 0 Å². The molecule has 1 aliphatic heterocycles. The highest BCUT2D eigenvalue weighted by molar-refractivity contribution is 6.02. The van der Waals surface area contributed by atoms with Gasteiger partial charge in [-0.2, -0.15) is 0 Å². The van der Waals surface area contributed by atoms with Gasteiger partial charge in [0.25, 0.3) is 11.4 Å². The molecule has 0 spiro atoms. The lowest BCUT2D eigenvalue weighted by atomic mass is 10.2. The summed E-state index contributed by atoms with van der Waals surface area (Å²) in [7, 11) is 0. The number of hydrogen-bond acceptors (Lipinski definition) is 8. The van der Waals surface area contributed by atoms with Gasteiger partial charge >= 0.3 is 0 Å². The van der Waals surface area contributed by atoms with Crippen molar-refractivity contribution in [1.29, 1.82) is 0 Å². The average Bonchev–Trinajstić information content (AvgIpc) is 3.25. The van der Waals surface area contributed by atoms with Crippen molar-refractivity contribution < 1.29 is 28.9 Å².